The second kappa shape index (κ2) is 7.60. The van der Waals surface area contributed by atoms with Gasteiger partial charge in [0.15, 0.2) is 5.82 Å². The number of benzene rings is 1. The highest BCUT2D eigenvalue weighted by Crippen LogP contribution is 2.22. The molecule has 0 atom stereocenters. The first-order valence-corrected chi connectivity index (χ1v) is 7.01. The number of anilines is 2. The zero-order chi connectivity index (χ0) is 17.5. The lowest BCUT2D eigenvalue weighted by molar-refractivity contribution is -0.111. The third-order valence-corrected chi connectivity index (χ3v) is 3.03. The number of hydrogen-bond donors (Lipinski definition) is 3. The second-order valence-corrected chi connectivity index (χ2v) is 4.75. The van der Waals surface area contributed by atoms with E-state index in [1.807, 2.05) is 6.07 Å². The summed E-state index contributed by atoms with van der Waals surface area (Å²) in [5, 5.41) is 27.5. The molecule has 8 nitrogen and oxygen atoms in total. The minimum absolute atomic E-state index is 0.0107. The minimum Gasteiger partial charge on any atom is -0.507 e. The van der Waals surface area contributed by atoms with Crippen molar-refractivity contribution in [3.05, 3.63) is 48.7 Å². The summed E-state index contributed by atoms with van der Waals surface area (Å²) in [6, 6.07) is 7.70. The van der Waals surface area contributed by atoms with Crippen molar-refractivity contribution in [2.45, 2.75) is 13.0 Å². The molecule has 1 aromatic carbocycles. The molecule has 24 heavy (non-hydrogen) atoms. The molecule has 0 bridgehead atoms. The summed E-state index contributed by atoms with van der Waals surface area (Å²) in [4.78, 5) is 23.6. The summed E-state index contributed by atoms with van der Waals surface area (Å²) in [7, 11) is 0. The van der Waals surface area contributed by atoms with E-state index in [9.17, 15) is 14.7 Å². The fraction of sp³-hybridized carbons (Fsp3) is 0.125. The standard InChI is InChI=1S/C16H15N5O3/c1-2-15(23)18-11-4-5-13(22)12(10-11)16(24)19-14-6-9-21(20-14)8-3-7-17/h2,4-6,9-10,22H,1,3,8H2,(H,18,23)(H,19,20,24). The largest absolute Gasteiger partial charge is 0.507 e. The van der Waals surface area contributed by atoms with Crippen molar-refractivity contribution < 1.29 is 14.7 Å². The zero-order valence-corrected chi connectivity index (χ0v) is 12.7. The van der Waals surface area contributed by atoms with Crippen molar-refractivity contribution in [3.8, 4) is 11.8 Å². The molecule has 0 aliphatic rings. The van der Waals surface area contributed by atoms with Gasteiger partial charge in [-0.3, -0.25) is 14.3 Å². The Morgan fingerprint density at radius 2 is 2.17 bits per heavy atom. The number of amides is 2. The Labute approximate surface area is 138 Å². The van der Waals surface area contributed by atoms with E-state index in [0.717, 1.165) is 6.08 Å². The summed E-state index contributed by atoms with van der Waals surface area (Å²) in [5.41, 5.74) is 0.339. The molecule has 1 aromatic heterocycles. The van der Waals surface area contributed by atoms with Crippen LogP contribution in [-0.4, -0.2) is 26.7 Å². The van der Waals surface area contributed by atoms with Gasteiger partial charge in [0.2, 0.25) is 5.91 Å². The van der Waals surface area contributed by atoms with Crippen LogP contribution in [0.5, 0.6) is 5.75 Å². The van der Waals surface area contributed by atoms with Crippen molar-refractivity contribution in [2.75, 3.05) is 10.6 Å². The molecule has 2 amide bonds. The first-order valence-electron chi connectivity index (χ1n) is 7.01. The van der Waals surface area contributed by atoms with Crippen molar-refractivity contribution in [1.29, 1.82) is 5.26 Å². The Kier molecular flexibility index (Phi) is 5.31. The molecule has 0 radical (unpaired) electrons. The molecule has 8 heteroatoms. The van der Waals surface area contributed by atoms with Crippen molar-refractivity contribution >= 4 is 23.3 Å². The number of carbonyl (C=O) groups is 2. The molecular weight excluding hydrogens is 310 g/mol. The van der Waals surface area contributed by atoms with Crippen LogP contribution < -0.4 is 10.6 Å². The molecule has 1 heterocycles. The third kappa shape index (κ3) is 4.20. The number of nitrogens with zero attached hydrogens (tertiary/aromatic N) is 3. The highest BCUT2D eigenvalue weighted by atomic mass is 16.3. The maximum absolute atomic E-state index is 12.3. The first kappa shape index (κ1) is 16.8. The topological polar surface area (TPSA) is 120 Å². The summed E-state index contributed by atoms with van der Waals surface area (Å²) in [6.07, 6.45) is 3.04. The monoisotopic (exact) mass is 325 g/mol. The molecule has 0 spiro atoms. The second-order valence-electron chi connectivity index (χ2n) is 4.75. The SMILES string of the molecule is C=CC(=O)Nc1ccc(O)c(C(=O)Nc2ccn(CCC#N)n2)c1. The number of phenols is 1. The molecule has 2 rings (SSSR count). The minimum atomic E-state index is -0.576. The summed E-state index contributed by atoms with van der Waals surface area (Å²) >= 11 is 0. The predicted molar refractivity (Wildman–Crippen MR) is 87.3 cm³/mol. The molecular formula is C16H15N5O3. The highest BCUT2D eigenvalue weighted by molar-refractivity contribution is 6.07. The number of aryl methyl sites for hydroxylation is 1. The fourth-order valence-corrected chi connectivity index (χ4v) is 1.89. The summed E-state index contributed by atoms with van der Waals surface area (Å²) < 4.78 is 1.53. The quantitative estimate of drug-likeness (QED) is 0.553. The lowest BCUT2D eigenvalue weighted by atomic mass is 10.1. The zero-order valence-electron chi connectivity index (χ0n) is 12.7. The Morgan fingerprint density at radius 3 is 2.88 bits per heavy atom. The molecule has 3 N–H and O–H groups in total. The van der Waals surface area contributed by atoms with Crippen LogP contribution in [0, 0.1) is 11.3 Å². The average Bonchev–Trinajstić information content (AvgIpc) is 3.01. The van der Waals surface area contributed by atoms with Crippen molar-refractivity contribution in [2.24, 2.45) is 0 Å². The van der Waals surface area contributed by atoms with Gasteiger partial charge in [-0.15, -0.1) is 0 Å². The van der Waals surface area contributed by atoms with Crippen LogP contribution in [0.3, 0.4) is 0 Å². The summed E-state index contributed by atoms with van der Waals surface area (Å²) in [5.74, 6) is -0.943. The number of carbonyl (C=O) groups excluding carboxylic acids is 2. The van der Waals surface area contributed by atoms with E-state index in [4.69, 9.17) is 5.26 Å². The van der Waals surface area contributed by atoms with Gasteiger partial charge < -0.3 is 15.7 Å². The lowest BCUT2D eigenvalue weighted by Gasteiger charge is -2.08. The van der Waals surface area contributed by atoms with Gasteiger partial charge in [-0.1, -0.05) is 6.58 Å². The van der Waals surface area contributed by atoms with Crippen LogP contribution in [0.1, 0.15) is 16.8 Å². The van der Waals surface area contributed by atoms with Gasteiger partial charge in [0.05, 0.1) is 24.6 Å². The van der Waals surface area contributed by atoms with Crippen molar-refractivity contribution in [1.82, 2.24) is 9.78 Å². The Hall–Kier alpha value is -3.60. The molecule has 0 aliphatic carbocycles. The lowest BCUT2D eigenvalue weighted by Crippen LogP contribution is -2.14. The molecule has 0 saturated heterocycles. The fourth-order valence-electron chi connectivity index (χ4n) is 1.89. The Morgan fingerprint density at radius 1 is 1.38 bits per heavy atom. The van der Waals surface area contributed by atoms with E-state index in [1.54, 1.807) is 12.3 Å². The third-order valence-electron chi connectivity index (χ3n) is 3.03. The Balaban J connectivity index is 2.12. The Bertz CT molecular complexity index is 819. The summed E-state index contributed by atoms with van der Waals surface area (Å²) in [6.45, 7) is 3.76. The van der Waals surface area contributed by atoms with E-state index in [-0.39, 0.29) is 17.1 Å². The van der Waals surface area contributed by atoms with E-state index in [0.29, 0.717) is 18.7 Å². The van der Waals surface area contributed by atoms with Crippen LogP contribution >= 0.6 is 0 Å². The number of rotatable bonds is 6. The van der Waals surface area contributed by atoms with Gasteiger partial charge in [-0.05, 0) is 24.3 Å². The number of aromatic hydroxyl groups is 1. The normalized spacial score (nSPS) is 9.79. The van der Waals surface area contributed by atoms with Crippen LogP contribution in [0.4, 0.5) is 11.5 Å². The smallest absolute Gasteiger partial charge is 0.260 e. The number of aromatic nitrogens is 2. The van der Waals surface area contributed by atoms with Crippen LogP contribution in [-0.2, 0) is 11.3 Å². The maximum Gasteiger partial charge on any atom is 0.260 e. The number of phenolic OH excluding ortho intramolecular Hbond substituents is 1. The maximum atomic E-state index is 12.3. The van der Waals surface area contributed by atoms with Gasteiger partial charge >= 0.3 is 0 Å². The molecule has 0 unspecified atom stereocenters. The van der Waals surface area contributed by atoms with Crippen LogP contribution in [0.25, 0.3) is 0 Å². The van der Waals surface area contributed by atoms with Gasteiger partial charge in [-0.2, -0.15) is 10.4 Å². The molecule has 0 aliphatic heterocycles. The van der Waals surface area contributed by atoms with Crippen LogP contribution in [0.2, 0.25) is 0 Å². The van der Waals surface area contributed by atoms with E-state index >= 15 is 0 Å². The van der Waals surface area contributed by atoms with Crippen molar-refractivity contribution in [3.63, 3.8) is 0 Å². The number of nitriles is 1. The average molecular weight is 325 g/mol. The molecule has 0 fully saturated rings. The van der Waals surface area contributed by atoms with Gasteiger partial charge in [0, 0.05) is 18.0 Å². The molecule has 0 saturated carbocycles. The van der Waals surface area contributed by atoms with Gasteiger partial charge in [0.1, 0.15) is 5.75 Å². The predicted octanol–water partition coefficient (Wildman–Crippen LogP) is 1.88. The first-order chi connectivity index (χ1) is 11.5. The molecule has 122 valence electrons. The number of nitrogens with one attached hydrogen (secondary N) is 2. The van der Waals surface area contributed by atoms with E-state index in [2.05, 4.69) is 22.3 Å². The van der Waals surface area contributed by atoms with Crippen LogP contribution in [0.15, 0.2) is 43.1 Å². The highest BCUT2D eigenvalue weighted by Gasteiger charge is 2.14. The van der Waals surface area contributed by atoms with Gasteiger partial charge in [0.25, 0.3) is 5.91 Å². The van der Waals surface area contributed by atoms with E-state index < -0.39 is 11.8 Å². The van der Waals surface area contributed by atoms with Gasteiger partial charge in [-0.25, -0.2) is 0 Å². The number of hydrogen-bond acceptors (Lipinski definition) is 5. The molecule has 2 aromatic rings. The van der Waals surface area contributed by atoms with E-state index in [1.165, 1.54) is 22.9 Å².